The molecule has 3 aromatic carbocycles. The maximum Gasteiger partial charge on any atom is 0.0461 e. The van der Waals surface area contributed by atoms with Gasteiger partial charge in [-0.05, 0) is 73.4 Å². The minimum absolute atomic E-state index is 1.10. The summed E-state index contributed by atoms with van der Waals surface area (Å²) in [5.74, 6) is 0. The third kappa shape index (κ3) is 5.44. The monoisotopic (exact) mass is 417 g/mol. The Kier molecular flexibility index (Phi) is 8.22. The highest BCUT2D eigenvalue weighted by atomic mass is 15.1. The Morgan fingerprint density at radius 3 is 1.84 bits per heavy atom. The summed E-state index contributed by atoms with van der Waals surface area (Å²) in [5.41, 5.74) is 8.05. The van der Waals surface area contributed by atoms with E-state index in [0.29, 0.717) is 0 Å². The standard InChI is InChI=1S/C31H31N/c1-5-9-14-25(7-3)27-17-21-30(22-18-27)32(29(8-4)13-6-2)31-23-19-28(20-24-31)26-15-11-10-12-16-26/h5-24H,3H2,1-2,4H3/b9-5-,13-6-,25-14+,29-8+. The molecule has 160 valence electrons. The van der Waals surface area contributed by atoms with E-state index < -0.39 is 0 Å². The highest BCUT2D eigenvalue weighted by Gasteiger charge is 2.13. The predicted octanol–water partition coefficient (Wildman–Crippen LogP) is 9.12. The second-order valence-corrected chi connectivity index (χ2v) is 7.36. The average Bonchev–Trinajstić information content (AvgIpc) is 2.86. The SMILES string of the molecule is C=C/C(=C\C=C/C)c1ccc(N(C(/C=C\C)=C/C)c2ccc(-c3ccccc3)cc2)cc1. The fourth-order valence-electron chi connectivity index (χ4n) is 3.64. The van der Waals surface area contributed by atoms with Gasteiger partial charge in [0, 0.05) is 17.1 Å². The number of nitrogens with zero attached hydrogens (tertiary/aromatic N) is 1. The van der Waals surface area contributed by atoms with Crippen LogP contribution in [-0.2, 0) is 0 Å². The number of benzene rings is 3. The van der Waals surface area contributed by atoms with E-state index in [4.69, 9.17) is 0 Å². The maximum absolute atomic E-state index is 3.96. The molecule has 0 saturated carbocycles. The van der Waals surface area contributed by atoms with Gasteiger partial charge in [-0.15, -0.1) is 0 Å². The first-order chi connectivity index (χ1) is 15.7. The van der Waals surface area contributed by atoms with Crippen molar-refractivity contribution >= 4 is 16.9 Å². The van der Waals surface area contributed by atoms with Crippen molar-refractivity contribution in [2.75, 3.05) is 4.90 Å². The van der Waals surface area contributed by atoms with Gasteiger partial charge in [0.25, 0.3) is 0 Å². The molecule has 3 rings (SSSR count). The lowest BCUT2D eigenvalue weighted by atomic mass is 10.0. The molecule has 0 N–H and O–H groups in total. The predicted molar refractivity (Wildman–Crippen MR) is 142 cm³/mol. The summed E-state index contributed by atoms with van der Waals surface area (Å²) in [6, 6.07) is 27.9. The molecule has 0 atom stereocenters. The van der Waals surface area contributed by atoms with Gasteiger partial charge in [0.2, 0.25) is 0 Å². The number of allylic oxidation sites excluding steroid dienone is 8. The summed E-state index contributed by atoms with van der Waals surface area (Å²) in [7, 11) is 0. The van der Waals surface area contributed by atoms with E-state index in [1.165, 1.54) is 11.1 Å². The molecule has 0 amide bonds. The van der Waals surface area contributed by atoms with Gasteiger partial charge >= 0.3 is 0 Å². The topological polar surface area (TPSA) is 3.24 Å². The normalized spacial score (nSPS) is 12.5. The first-order valence-corrected chi connectivity index (χ1v) is 11.0. The van der Waals surface area contributed by atoms with Gasteiger partial charge in [-0.25, -0.2) is 0 Å². The zero-order valence-electron chi connectivity index (χ0n) is 19.2. The Hall–Kier alpha value is -3.84. The molecule has 0 unspecified atom stereocenters. The fraction of sp³-hybridized carbons (Fsp3) is 0.0968. The molecule has 0 saturated heterocycles. The number of hydrogen-bond acceptors (Lipinski definition) is 1. The minimum atomic E-state index is 1.10. The lowest BCUT2D eigenvalue weighted by molar-refractivity contribution is 1.20. The van der Waals surface area contributed by atoms with Gasteiger partial charge in [0.1, 0.15) is 0 Å². The van der Waals surface area contributed by atoms with Gasteiger partial charge in [-0.2, -0.15) is 0 Å². The second-order valence-electron chi connectivity index (χ2n) is 7.36. The van der Waals surface area contributed by atoms with E-state index in [1.807, 2.05) is 38.1 Å². The van der Waals surface area contributed by atoms with E-state index in [1.54, 1.807) is 0 Å². The molecule has 0 aliphatic heterocycles. The Balaban J connectivity index is 2.01. The van der Waals surface area contributed by atoms with Crippen molar-refractivity contribution in [1.29, 1.82) is 0 Å². The van der Waals surface area contributed by atoms with Crippen molar-refractivity contribution in [3.8, 4) is 11.1 Å². The molecule has 0 heterocycles. The average molecular weight is 418 g/mol. The van der Waals surface area contributed by atoms with Crippen molar-refractivity contribution in [3.05, 3.63) is 139 Å². The molecule has 0 spiro atoms. The van der Waals surface area contributed by atoms with Crippen LogP contribution in [0.25, 0.3) is 16.7 Å². The maximum atomic E-state index is 3.96. The molecule has 0 bridgehead atoms. The largest absolute Gasteiger partial charge is 0.311 e. The van der Waals surface area contributed by atoms with Crippen LogP contribution < -0.4 is 4.90 Å². The van der Waals surface area contributed by atoms with Crippen LogP contribution in [0.15, 0.2) is 134 Å². The summed E-state index contributed by atoms with van der Waals surface area (Å²) in [4.78, 5) is 2.28. The Morgan fingerprint density at radius 2 is 1.31 bits per heavy atom. The highest BCUT2D eigenvalue weighted by Crippen LogP contribution is 2.33. The molecule has 32 heavy (non-hydrogen) atoms. The molecule has 1 heteroatoms. The van der Waals surface area contributed by atoms with Crippen LogP contribution in [0, 0.1) is 0 Å². The van der Waals surface area contributed by atoms with Gasteiger partial charge in [0.15, 0.2) is 0 Å². The van der Waals surface area contributed by atoms with E-state index in [9.17, 15) is 0 Å². The fourth-order valence-corrected chi connectivity index (χ4v) is 3.64. The zero-order valence-corrected chi connectivity index (χ0v) is 19.2. The van der Waals surface area contributed by atoms with Crippen molar-refractivity contribution in [2.24, 2.45) is 0 Å². The van der Waals surface area contributed by atoms with Crippen molar-refractivity contribution in [3.63, 3.8) is 0 Å². The quantitative estimate of drug-likeness (QED) is 0.330. The highest BCUT2D eigenvalue weighted by molar-refractivity contribution is 5.78. The summed E-state index contributed by atoms with van der Waals surface area (Å²) >= 11 is 0. The Labute approximate surface area is 193 Å². The van der Waals surface area contributed by atoms with Gasteiger partial charge in [-0.1, -0.05) is 97.6 Å². The Bertz CT molecular complexity index is 1130. The van der Waals surface area contributed by atoms with Gasteiger partial charge < -0.3 is 4.90 Å². The van der Waals surface area contributed by atoms with Gasteiger partial charge in [-0.3, -0.25) is 0 Å². The molecule has 0 aliphatic rings. The van der Waals surface area contributed by atoms with Crippen molar-refractivity contribution < 1.29 is 0 Å². The van der Waals surface area contributed by atoms with Crippen LogP contribution in [0.3, 0.4) is 0 Å². The summed E-state index contributed by atoms with van der Waals surface area (Å²) in [5, 5.41) is 0. The second kappa shape index (κ2) is 11.5. The minimum Gasteiger partial charge on any atom is -0.311 e. The summed E-state index contributed by atoms with van der Waals surface area (Å²) < 4.78 is 0. The lowest BCUT2D eigenvalue weighted by Crippen LogP contribution is -2.15. The zero-order chi connectivity index (χ0) is 22.8. The van der Waals surface area contributed by atoms with Crippen LogP contribution in [0.4, 0.5) is 11.4 Å². The number of rotatable bonds is 8. The molecule has 0 aromatic heterocycles. The van der Waals surface area contributed by atoms with E-state index in [2.05, 4.69) is 116 Å². The van der Waals surface area contributed by atoms with Crippen LogP contribution in [0.1, 0.15) is 26.3 Å². The van der Waals surface area contributed by atoms with E-state index in [-0.39, 0.29) is 0 Å². The van der Waals surface area contributed by atoms with E-state index in [0.717, 1.165) is 28.2 Å². The summed E-state index contributed by atoms with van der Waals surface area (Å²) in [6.07, 6.45) is 14.4. The first kappa shape index (κ1) is 22.8. The third-order valence-electron chi connectivity index (χ3n) is 5.27. The Morgan fingerprint density at radius 1 is 0.719 bits per heavy atom. The van der Waals surface area contributed by atoms with Gasteiger partial charge in [0.05, 0.1) is 0 Å². The van der Waals surface area contributed by atoms with Crippen molar-refractivity contribution in [2.45, 2.75) is 20.8 Å². The third-order valence-corrected chi connectivity index (χ3v) is 5.27. The molecule has 0 radical (unpaired) electrons. The molecule has 0 aliphatic carbocycles. The molecule has 1 nitrogen and oxygen atoms in total. The number of hydrogen-bond donors (Lipinski definition) is 0. The van der Waals surface area contributed by atoms with Crippen LogP contribution in [0.2, 0.25) is 0 Å². The molecule has 3 aromatic rings. The van der Waals surface area contributed by atoms with Crippen molar-refractivity contribution in [1.82, 2.24) is 0 Å². The molecular formula is C31H31N. The van der Waals surface area contributed by atoms with Crippen LogP contribution in [-0.4, -0.2) is 0 Å². The number of anilines is 2. The van der Waals surface area contributed by atoms with E-state index >= 15 is 0 Å². The van der Waals surface area contributed by atoms with Crippen LogP contribution >= 0.6 is 0 Å². The smallest absolute Gasteiger partial charge is 0.0461 e. The molecule has 0 fully saturated rings. The molecular weight excluding hydrogens is 386 g/mol. The first-order valence-electron chi connectivity index (χ1n) is 11.0. The summed E-state index contributed by atoms with van der Waals surface area (Å²) in [6.45, 7) is 10.1. The lowest BCUT2D eigenvalue weighted by Gasteiger charge is -2.27. The van der Waals surface area contributed by atoms with Crippen LogP contribution in [0.5, 0.6) is 0 Å².